The molecule has 0 unspecified atom stereocenters. The summed E-state index contributed by atoms with van der Waals surface area (Å²) in [5, 5.41) is 1.85. The zero-order chi connectivity index (χ0) is 17.8. The molecule has 3 heterocycles. The molecule has 3 nitrogen and oxygen atoms in total. The highest BCUT2D eigenvalue weighted by molar-refractivity contribution is 6.03. The van der Waals surface area contributed by atoms with Crippen LogP contribution in [0, 0.1) is 6.92 Å². The maximum absolute atomic E-state index is 13.2. The predicted molar refractivity (Wildman–Crippen MR) is 91.2 cm³/mol. The van der Waals surface area contributed by atoms with Gasteiger partial charge in [-0.05, 0) is 25.1 Å². The molecule has 0 fully saturated rings. The van der Waals surface area contributed by atoms with Crippen LogP contribution in [-0.2, 0) is 13.2 Å². The second-order valence-corrected chi connectivity index (χ2v) is 5.99. The molecule has 126 valence electrons. The number of halogens is 3. The van der Waals surface area contributed by atoms with Crippen LogP contribution in [-0.4, -0.2) is 14.5 Å². The summed E-state index contributed by atoms with van der Waals surface area (Å²) in [7, 11) is 1.42. The Morgan fingerprint density at radius 3 is 2.32 bits per heavy atom. The van der Waals surface area contributed by atoms with E-state index in [4.69, 9.17) is 0 Å². The standard InChI is InChI=1S/C19H14F3N3/c1-11-14(10-16(25(11)2)19(20,21)22)15-8-7-13-6-5-12-4-3-9-23-17(12)18(13)24-15/h3-10H,1-2H3. The van der Waals surface area contributed by atoms with Crippen molar-refractivity contribution in [1.82, 2.24) is 14.5 Å². The van der Waals surface area contributed by atoms with Crippen molar-refractivity contribution in [3.8, 4) is 11.3 Å². The first-order chi connectivity index (χ1) is 11.9. The first kappa shape index (κ1) is 15.6. The van der Waals surface area contributed by atoms with E-state index in [1.165, 1.54) is 7.05 Å². The van der Waals surface area contributed by atoms with E-state index in [2.05, 4.69) is 9.97 Å². The van der Waals surface area contributed by atoms with Crippen molar-refractivity contribution in [2.75, 3.05) is 0 Å². The molecular weight excluding hydrogens is 327 g/mol. The Labute approximate surface area is 141 Å². The summed E-state index contributed by atoms with van der Waals surface area (Å²) < 4.78 is 40.7. The van der Waals surface area contributed by atoms with Gasteiger partial charge in [0.15, 0.2) is 0 Å². The Morgan fingerprint density at radius 1 is 0.960 bits per heavy atom. The first-order valence-corrected chi connectivity index (χ1v) is 7.74. The summed E-state index contributed by atoms with van der Waals surface area (Å²) in [6.07, 6.45) is -2.71. The predicted octanol–water partition coefficient (Wildman–Crippen LogP) is 5.12. The van der Waals surface area contributed by atoms with Crippen LogP contribution in [0.3, 0.4) is 0 Å². The molecule has 4 rings (SSSR count). The molecule has 0 saturated heterocycles. The van der Waals surface area contributed by atoms with Crippen LogP contribution in [0.1, 0.15) is 11.4 Å². The highest BCUT2D eigenvalue weighted by Gasteiger charge is 2.35. The fourth-order valence-electron chi connectivity index (χ4n) is 3.10. The topological polar surface area (TPSA) is 30.7 Å². The van der Waals surface area contributed by atoms with Crippen molar-refractivity contribution in [3.05, 3.63) is 60.0 Å². The second-order valence-electron chi connectivity index (χ2n) is 5.99. The van der Waals surface area contributed by atoms with Gasteiger partial charge in [0.2, 0.25) is 0 Å². The Bertz CT molecular complexity index is 1110. The molecular formula is C19H14F3N3. The molecule has 0 aliphatic heterocycles. The van der Waals surface area contributed by atoms with Crippen molar-refractivity contribution in [2.45, 2.75) is 13.1 Å². The zero-order valence-corrected chi connectivity index (χ0v) is 13.6. The van der Waals surface area contributed by atoms with Crippen LogP contribution >= 0.6 is 0 Å². The van der Waals surface area contributed by atoms with Gasteiger partial charge in [-0.15, -0.1) is 0 Å². The van der Waals surface area contributed by atoms with E-state index >= 15 is 0 Å². The van der Waals surface area contributed by atoms with Crippen LogP contribution in [0.2, 0.25) is 0 Å². The largest absolute Gasteiger partial charge is 0.431 e. The van der Waals surface area contributed by atoms with E-state index in [1.807, 2.05) is 30.3 Å². The lowest BCUT2D eigenvalue weighted by atomic mass is 10.1. The molecule has 3 aromatic heterocycles. The van der Waals surface area contributed by atoms with Gasteiger partial charge >= 0.3 is 6.18 Å². The fraction of sp³-hybridized carbons (Fsp3) is 0.158. The molecule has 0 aliphatic rings. The summed E-state index contributed by atoms with van der Waals surface area (Å²) in [6.45, 7) is 1.66. The number of fused-ring (bicyclic) bond motifs is 3. The van der Waals surface area contributed by atoms with E-state index in [9.17, 15) is 13.2 Å². The number of aromatic nitrogens is 3. The molecule has 6 heteroatoms. The third kappa shape index (κ3) is 2.45. The number of pyridine rings is 2. The Balaban J connectivity index is 1.98. The lowest BCUT2D eigenvalue weighted by Gasteiger charge is -2.08. The summed E-state index contributed by atoms with van der Waals surface area (Å²) >= 11 is 0. The Kier molecular flexibility index (Phi) is 3.32. The molecule has 0 N–H and O–H groups in total. The van der Waals surface area contributed by atoms with Gasteiger partial charge in [0.1, 0.15) is 5.69 Å². The SMILES string of the molecule is Cc1c(-c2ccc3ccc4cccnc4c3n2)cc(C(F)(F)F)n1C. The Hall–Kier alpha value is -2.89. The van der Waals surface area contributed by atoms with Gasteiger partial charge in [-0.1, -0.05) is 24.3 Å². The van der Waals surface area contributed by atoms with E-state index in [0.717, 1.165) is 26.9 Å². The smallest absolute Gasteiger partial charge is 0.344 e. The van der Waals surface area contributed by atoms with Crippen molar-refractivity contribution >= 4 is 21.8 Å². The third-order valence-corrected chi connectivity index (χ3v) is 4.53. The number of alkyl halides is 3. The number of benzene rings is 1. The van der Waals surface area contributed by atoms with Crippen molar-refractivity contribution in [2.24, 2.45) is 7.05 Å². The normalized spacial score (nSPS) is 12.2. The van der Waals surface area contributed by atoms with Crippen molar-refractivity contribution in [3.63, 3.8) is 0 Å². The maximum atomic E-state index is 13.2. The van der Waals surface area contributed by atoms with Crippen LogP contribution < -0.4 is 0 Å². The summed E-state index contributed by atoms with van der Waals surface area (Å²) in [6, 6.07) is 12.4. The summed E-state index contributed by atoms with van der Waals surface area (Å²) in [5.41, 5.74) is 2.25. The molecule has 4 aromatic rings. The number of hydrogen-bond acceptors (Lipinski definition) is 2. The van der Waals surface area contributed by atoms with Crippen LogP contribution in [0.15, 0.2) is 48.7 Å². The van der Waals surface area contributed by atoms with Crippen LogP contribution in [0.5, 0.6) is 0 Å². The average molecular weight is 341 g/mol. The molecule has 0 radical (unpaired) electrons. The van der Waals surface area contributed by atoms with E-state index in [1.54, 1.807) is 19.2 Å². The van der Waals surface area contributed by atoms with Gasteiger partial charge < -0.3 is 4.57 Å². The van der Waals surface area contributed by atoms with Crippen molar-refractivity contribution < 1.29 is 13.2 Å². The monoisotopic (exact) mass is 341 g/mol. The van der Waals surface area contributed by atoms with Gasteiger partial charge in [-0.3, -0.25) is 4.98 Å². The van der Waals surface area contributed by atoms with E-state index in [-0.39, 0.29) is 0 Å². The van der Waals surface area contributed by atoms with Crippen LogP contribution in [0.4, 0.5) is 13.2 Å². The fourth-order valence-corrected chi connectivity index (χ4v) is 3.10. The van der Waals surface area contributed by atoms with Crippen LogP contribution in [0.25, 0.3) is 33.1 Å². The molecule has 1 aromatic carbocycles. The molecule has 0 amide bonds. The highest BCUT2D eigenvalue weighted by atomic mass is 19.4. The lowest BCUT2D eigenvalue weighted by molar-refractivity contribution is -0.143. The molecule has 0 atom stereocenters. The number of nitrogens with zero attached hydrogens (tertiary/aromatic N) is 3. The molecule has 0 spiro atoms. The molecule has 0 bridgehead atoms. The van der Waals surface area contributed by atoms with Gasteiger partial charge in [-0.25, -0.2) is 4.98 Å². The third-order valence-electron chi connectivity index (χ3n) is 4.53. The average Bonchev–Trinajstić information content (AvgIpc) is 2.90. The quantitative estimate of drug-likeness (QED) is 0.450. The minimum atomic E-state index is -4.40. The van der Waals surface area contributed by atoms with E-state index in [0.29, 0.717) is 22.5 Å². The van der Waals surface area contributed by atoms with Gasteiger partial charge in [0.25, 0.3) is 0 Å². The van der Waals surface area contributed by atoms with Crippen molar-refractivity contribution in [1.29, 1.82) is 0 Å². The van der Waals surface area contributed by atoms with E-state index < -0.39 is 11.9 Å². The molecule has 25 heavy (non-hydrogen) atoms. The number of hydrogen-bond donors (Lipinski definition) is 0. The Morgan fingerprint density at radius 2 is 1.64 bits per heavy atom. The van der Waals surface area contributed by atoms with Gasteiger partial charge in [0, 0.05) is 35.3 Å². The van der Waals surface area contributed by atoms with Gasteiger partial charge in [-0.2, -0.15) is 13.2 Å². The molecule has 0 saturated carbocycles. The maximum Gasteiger partial charge on any atom is 0.431 e. The summed E-state index contributed by atoms with van der Waals surface area (Å²) in [4.78, 5) is 9.01. The van der Waals surface area contributed by atoms with Gasteiger partial charge in [0.05, 0.1) is 16.7 Å². The minimum absolute atomic E-state index is 0.477. The second kappa shape index (κ2) is 5.31. The molecule has 0 aliphatic carbocycles. The zero-order valence-electron chi connectivity index (χ0n) is 13.6. The summed E-state index contributed by atoms with van der Waals surface area (Å²) in [5.74, 6) is 0. The lowest BCUT2D eigenvalue weighted by Crippen LogP contribution is -2.11. The minimum Gasteiger partial charge on any atom is -0.344 e. The number of rotatable bonds is 1. The first-order valence-electron chi connectivity index (χ1n) is 7.74. The highest BCUT2D eigenvalue weighted by Crippen LogP contribution is 2.36.